The second-order valence-electron chi connectivity index (χ2n) is 4.63. The number of alkyl halides is 3. The molecule has 1 atom stereocenters. The Kier molecular flexibility index (Phi) is 6.68. The van der Waals surface area contributed by atoms with Crippen molar-refractivity contribution in [3.63, 3.8) is 0 Å². The highest BCUT2D eigenvalue weighted by Gasteiger charge is 2.27. The molecule has 2 N–H and O–H groups in total. The summed E-state index contributed by atoms with van der Waals surface area (Å²) in [5.41, 5.74) is 3.76. The zero-order valence-corrected chi connectivity index (χ0v) is 12.5. The van der Waals surface area contributed by atoms with E-state index in [4.69, 9.17) is 10.5 Å². The summed E-state index contributed by atoms with van der Waals surface area (Å²) in [7, 11) is 0. The maximum absolute atomic E-state index is 12.0. The average molecular weight is 307 g/mol. The number of hydrogen-bond acceptors (Lipinski definition) is 3. The number of hydrogen-bond donors (Lipinski definition) is 1. The maximum atomic E-state index is 12.0. The van der Waals surface area contributed by atoms with Crippen LogP contribution >= 0.6 is 11.8 Å². The third kappa shape index (κ3) is 6.52. The Morgan fingerprint density at radius 3 is 2.65 bits per heavy atom. The lowest BCUT2D eigenvalue weighted by Gasteiger charge is -2.15. The van der Waals surface area contributed by atoms with E-state index in [1.807, 2.05) is 26.0 Å². The average Bonchev–Trinajstić information content (AvgIpc) is 2.35. The molecule has 0 aliphatic carbocycles. The SMILES string of the molecule is CCC(N)Cc1cc(C)ccc1OCCSC(F)(F)F. The Bertz CT molecular complexity index is 423. The van der Waals surface area contributed by atoms with Gasteiger partial charge in [0.15, 0.2) is 0 Å². The van der Waals surface area contributed by atoms with Gasteiger partial charge in [-0.3, -0.25) is 0 Å². The van der Waals surface area contributed by atoms with Gasteiger partial charge in [-0.1, -0.05) is 24.6 Å². The highest BCUT2D eigenvalue weighted by molar-refractivity contribution is 8.00. The van der Waals surface area contributed by atoms with Gasteiger partial charge in [0.25, 0.3) is 0 Å². The van der Waals surface area contributed by atoms with Crippen molar-refractivity contribution in [1.29, 1.82) is 0 Å². The van der Waals surface area contributed by atoms with E-state index in [0.717, 1.165) is 17.5 Å². The molecule has 0 saturated heterocycles. The molecule has 2 nitrogen and oxygen atoms in total. The van der Waals surface area contributed by atoms with Gasteiger partial charge in [-0.15, -0.1) is 0 Å². The lowest BCUT2D eigenvalue weighted by atomic mass is 10.0. The first-order valence-corrected chi connectivity index (χ1v) is 7.49. The van der Waals surface area contributed by atoms with Crippen molar-refractivity contribution in [2.24, 2.45) is 5.73 Å². The van der Waals surface area contributed by atoms with Crippen molar-refractivity contribution in [2.45, 2.75) is 38.2 Å². The van der Waals surface area contributed by atoms with Crippen molar-refractivity contribution in [1.82, 2.24) is 0 Å². The van der Waals surface area contributed by atoms with Crippen LogP contribution in [0.15, 0.2) is 18.2 Å². The predicted octanol–water partition coefficient (Wildman–Crippen LogP) is 3.91. The predicted molar refractivity (Wildman–Crippen MR) is 77.2 cm³/mol. The van der Waals surface area contributed by atoms with Crippen LogP contribution in [-0.4, -0.2) is 23.9 Å². The summed E-state index contributed by atoms with van der Waals surface area (Å²) < 4.78 is 41.5. The zero-order valence-electron chi connectivity index (χ0n) is 11.7. The van der Waals surface area contributed by atoms with Gasteiger partial charge >= 0.3 is 5.51 Å². The molecular formula is C14H20F3NOS. The van der Waals surface area contributed by atoms with Crippen molar-refractivity contribution in [3.8, 4) is 5.75 Å². The minimum atomic E-state index is -4.20. The fraction of sp³-hybridized carbons (Fsp3) is 0.571. The van der Waals surface area contributed by atoms with E-state index >= 15 is 0 Å². The molecule has 0 aromatic heterocycles. The Hall–Kier alpha value is -0.880. The van der Waals surface area contributed by atoms with Gasteiger partial charge in [-0.05, 0) is 43.2 Å². The summed E-state index contributed by atoms with van der Waals surface area (Å²) in [4.78, 5) is 0. The van der Waals surface area contributed by atoms with E-state index in [1.54, 1.807) is 6.07 Å². The van der Waals surface area contributed by atoms with Crippen LogP contribution < -0.4 is 10.5 Å². The first kappa shape index (κ1) is 17.2. The van der Waals surface area contributed by atoms with Crippen LogP contribution in [0.4, 0.5) is 13.2 Å². The topological polar surface area (TPSA) is 35.2 Å². The molecule has 1 aromatic carbocycles. The summed E-state index contributed by atoms with van der Waals surface area (Å²) >= 11 is -0.0695. The van der Waals surface area contributed by atoms with Gasteiger partial charge in [0.1, 0.15) is 5.75 Å². The number of aryl methyl sites for hydroxylation is 1. The van der Waals surface area contributed by atoms with Crippen LogP contribution in [-0.2, 0) is 6.42 Å². The Balaban J connectivity index is 2.60. The van der Waals surface area contributed by atoms with Gasteiger partial charge in [0, 0.05) is 11.8 Å². The zero-order chi connectivity index (χ0) is 15.2. The largest absolute Gasteiger partial charge is 0.492 e. The molecule has 0 aliphatic heterocycles. The molecule has 1 rings (SSSR count). The number of halogens is 3. The molecule has 1 aromatic rings. The third-order valence-corrected chi connectivity index (χ3v) is 3.53. The van der Waals surface area contributed by atoms with Crippen molar-refractivity contribution in [2.75, 3.05) is 12.4 Å². The number of rotatable bonds is 7. The summed E-state index contributed by atoms with van der Waals surface area (Å²) in [5.74, 6) is 0.513. The highest BCUT2D eigenvalue weighted by atomic mass is 32.2. The number of thioether (sulfide) groups is 1. The van der Waals surface area contributed by atoms with E-state index in [-0.39, 0.29) is 30.2 Å². The first-order valence-electron chi connectivity index (χ1n) is 6.50. The third-order valence-electron chi connectivity index (χ3n) is 2.83. The number of benzene rings is 1. The molecule has 0 amide bonds. The smallest absolute Gasteiger partial charge is 0.441 e. The standard InChI is InChI=1S/C14H20F3NOS/c1-3-12(18)9-11-8-10(2)4-5-13(11)19-6-7-20-14(15,16)17/h4-5,8,12H,3,6-7,9,18H2,1-2H3. The van der Waals surface area contributed by atoms with Gasteiger partial charge in [-0.25, -0.2) is 0 Å². The molecule has 20 heavy (non-hydrogen) atoms. The van der Waals surface area contributed by atoms with Gasteiger partial charge < -0.3 is 10.5 Å². The summed E-state index contributed by atoms with van der Waals surface area (Å²) in [6, 6.07) is 5.68. The monoisotopic (exact) mass is 307 g/mol. The summed E-state index contributed by atoms with van der Waals surface area (Å²) in [6.45, 7) is 3.99. The lowest BCUT2D eigenvalue weighted by molar-refractivity contribution is -0.0329. The van der Waals surface area contributed by atoms with Crippen LogP contribution in [0.5, 0.6) is 5.75 Å². The normalized spacial score (nSPS) is 13.3. The molecule has 0 fully saturated rings. The van der Waals surface area contributed by atoms with Crippen molar-refractivity contribution >= 4 is 11.8 Å². The molecule has 114 valence electrons. The highest BCUT2D eigenvalue weighted by Crippen LogP contribution is 2.30. The van der Waals surface area contributed by atoms with Crippen LogP contribution in [0.1, 0.15) is 24.5 Å². The van der Waals surface area contributed by atoms with E-state index < -0.39 is 5.51 Å². The van der Waals surface area contributed by atoms with Gasteiger partial charge in [-0.2, -0.15) is 13.2 Å². The van der Waals surface area contributed by atoms with E-state index in [0.29, 0.717) is 12.2 Å². The van der Waals surface area contributed by atoms with Crippen molar-refractivity contribution < 1.29 is 17.9 Å². The Morgan fingerprint density at radius 2 is 2.05 bits per heavy atom. The molecule has 0 aliphatic rings. The molecule has 0 heterocycles. The first-order chi connectivity index (χ1) is 9.31. The van der Waals surface area contributed by atoms with Gasteiger partial charge in [0.2, 0.25) is 0 Å². The number of nitrogens with two attached hydrogens (primary N) is 1. The molecule has 0 radical (unpaired) electrons. The quantitative estimate of drug-likeness (QED) is 0.776. The van der Waals surface area contributed by atoms with E-state index in [1.165, 1.54) is 0 Å². The van der Waals surface area contributed by atoms with Crippen LogP contribution in [0.25, 0.3) is 0 Å². The minimum absolute atomic E-state index is 0.0294. The van der Waals surface area contributed by atoms with Crippen molar-refractivity contribution in [3.05, 3.63) is 29.3 Å². The molecule has 0 bridgehead atoms. The van der Waals surface area contributed by atoms with Crippen LogP contribution in [0, 0.1) is 6.92 Å². The number of ether oxygens (including phenoxy) is 1. The molecule has 0 saturated carbocycles. The van der Waals surface area contributed by atoms with Crippen LogP contribution in [0.2, 0.25) is 0 Å². The van der Waals surface area contributed by atoms with Gasteiger partial charge in [0.05, 0.1) is 6.61 Å². The second kappa shape index (κ2) is 7.78. The Labute approximate surface area is 121 Å². The fourth-order valence-corrected chi connectivity index (χ4v) is 2.14. The maximum Gasteiger partial charge on any atom is 0.441 e. The molecular weight excluding hydrogens is 287 g/mol. The molecule has 1 unspecified atom stereocenters. The minimum Gasteiger partial charge on any atom is -0.492 e. The second-order valence-corrected chi connectivity index (χ2v) is 5.79. The van der Waals surface area contributed by atoms with E-state index in [2.05, 4.69) is 0 Å². The lowest BCUT2D eigenvalue weighted by Crippen LogP contribution is -2.22. The van der Waals surface area contributed by atoms with Crippen LogP contribution in [0.3, 0.4) is 0 Å². The summed E-state index contributed by atoms with van der Waals surface area (Å²) in [5, 5.41) is 0. The molecule has 0 spiro atoms. The Morgan fingerprint density at radius 1 is 1.35 bits per heavy atom. The van der Waals surface area contributed by atoms with E-state index in [9.17, 15) is 13.2 Å². The fourth-order valence-electron chi connectivity index (χ4n) is 1.74. The molecule has 6 heteroatoms. The summed E-state index contributed by atoms with van der Waals surface area (Å²) in [6.07, 6.45) is 1.51.